The molecule has 0 N–H and O–H groups in total. The fraction of sp³-hybridized carbons (Fsp3) is 0.750. The van der Waals surface area contributed by atoms with Crippen LogP contribution in [-0.2, 0) is 28.6 Å². The van der Waals surface area contributed by atoms with Crippen molar-refractivity contribution in [1.82, 2.24) is 0 Å². The smallest absolute Gasteiger partial charge is 0.303 e. The summed E-state index contributed by atoms with van der Waals surface area (Å²) in [6.07, 6.45) is 0. The molecule has 164 valence electrons. The van der Waals surface area contributed by atoms with Gasteiger partial charge in [0.1, 0.15) is 0 Å². The van der Waals surface area contributed by atoms with E-state index in [0.717, 1.165) is 20.8 Å². The molecule has 0 bridgehead atoms. The number of alkyl halides is 9. The maximum atomic E-state index is 11.6. The Balaban J connectivity index is 6.79. The molecule has 0 aliphatic rings. The lowest BCUT2D eigenvalue weighted by atomic mass is 10.7. The van der Waals surface area contributed by atoms with Crippen LogP contribution in [0.15, 0.2) is 0 Å². The van der Waals surface area contributed by atoms with E-state index in [1.54, 1.807) is 0 Å². The van der Waals surface area contributed by atoms with Crippen LogP contribution in [0.1, 0.15) is 20.8 Å². The van der Waals surface area contributed by atoms with Gasteiger partial charge in [-0.2, -0.15) is 0 Å². The third kappa shape index (κ3) is 10.2. The normalized spacial score (nSPS) is 16.2. The SMILES string of the molecule is CC(=O)O[C@H](P([C@@H](OC(C)=O)C(Cl)(Cl)Cl)[C@@H](OC(C)=O)C(Cl)(Cl)Cl)C(Cl)(Cl)Cl. The standard InChI is InChI=1S/C12H12Cl9O6P/c1-4(22)25-7(10(13,14)15)28(8(11(16,17)18)26-5(2)23)9(12(19,20)21)27-6(3)24/h7-9H,1-3H3/t7-,8-,9-/m1/s1. The van der Waals surface area contributed by atoms with Gasteiger partial charge in [-0.25, -0.2) is 0 Å². The van der Waals surface area contributed by atoms with Crippen LogP contribution in [0.3, 0.4) is 0 Å². The van der Waals surface area contributed by atoms with Crippen molar-refractivity contribution in [3.63, 3.8) is 0 Å². The molecule has 0 unspecified atom stereocenters. The highest BCUT2D eigenvalue weighted by Gasteiger charge is 2.59. The van der Waals surface area contributed by atoms with E-state index >= 15 is 0 Å². The van der Waals surface area contributed by atoms with Crippen LogP contribution in [0.5, 0.6) is 0 Å². The fourth-order valence-electron chi connectivity index (χ4n) is 1.73. The average Bonchev–Trinajstić information content (AvgIpc) is 2.39. The van der Waals surface area contributed by atoms with E-state index in [4.69, 9.17) is 119 Å². The van der Waals surface area contributed by atoms with E-state index in [1.165, 1.54) is 0 Å². The zero-order valence-electron chi connectivity index (χ0n) is 14.0. The second kappa shape index (κ2) is 11.4. The van der Waals surface area contributed by atoms with Gasteiger partial charge in [0.15, 0.2) is 17.5 Å². The summed E-state index contributed by atoms with van der Waals surface area (Å²) in [4.78, 5) is 34.8. The number of rotatable bonds is 6. The molecule has 0 amide bonds. The molecular formula is C12H12Cl9O6P. The molecule has 0 saturated carbocycles. The molecule has 0 heterocycles. The van der Waals surface area contributed by atoms with Crippen LogP contribution in [-0.4, -0.2) is 46.8 Å². The highest BCUT2D eigenvalue weighted by molar-refractivity contribution is 7.61. The summed E-state index contributed by atoms with van der Waals surface area (Å²) in [5.74, 6) is -8.15. The van der Waals surface area contributed by atoms with Crippen LogP contribution < -0.4 is 0 Å². The fourth-order valence-corrected chi connectivity index (χ4v) is 7.74. The van der Waals surface area contributed by atoms with E-state index in [2.05, 4.69) is 0 Å². The average molecular weight is 602 g/mol. The molecular weight excluding hydrogens is 590 g/mol. The Kier molecular flexibility index (Phi) is 11.9. The maximum absolute atomic E-state index is 11.6. The Morgan fingerprint density at radius 1 is 0.571 bits per heavy atom. The minimum Gasteiger partial charge on any atom is -0.453 e. The first-order valence-electron chi connectivity index (χ1n) is 6.77. The van der Waals surface area contributed by atoms with E-state index in [0.29, 0.717) is 0 Å². The number of hydrogen-bond donors (Lipinski definition) is 0. The van der Waals surface area contributed by atoms with Gasteiger partial charge in [-0.3, -0.25) is 14.4 Å². The molecule has 0 radical (unpaired) electrons. The molecule has 3 atom stereocenters. The molecule has 6 nitrogen and oxygen atoms in total. The van der Waals surface area contributed by atoms with Crippen molar-refractivity contribution >= 4 is 130 Å². The van der Waals surface area contributed by atoms with Crippen molar-refractivity contribution in [1.29, 1.82) is 0 Å². The number of carbonyl (C=O) groups excluding carboxylic acids is 3. The first kappa shape index (κ1) is 29.5. The van der Waals surface area contributed by atoms with Crippen LogP contribution in [0.2, 0.25) is 0 Å². The van der Waals surface area contributed by atoms with Gasteiger partial charge in [0.2, 0.25) is 11.4 Å². The Hall–Kier alpha value is 1.45. The number of hydrogen-bond acceptors (Lipinski definition) is 6. The van der Waals surface area contributed by atoms with Gasteiger partial charge in [0, 0.05) is 28.7 Å². The lowest BCUT2D eigenvalue weighted by Crippen LogP contribution is -2.45. The van der Waals surface area contributed by atoms with Crippen molar-refractivity contribution in [2.24, 2.45) is 0 Å². The molecule has 0 spiro atoms. The number of esters is 3. The van der Waals surface area contributed by atoms with E-state index < -0.39 is 54.7 Å². The van der Waals surface area contributed by atoms with Gasteiger partial charge in [-0.1, -0.05) is 104 Å². The molecule has 0 aromatic heterocycles. The van der Waals surface area contributed by atoms with Gasteiger partial charge >= 0.3 is 17.9 Å². The van der Waals surface area contributed by atoms with Crippen LogP contribution in [0.25, 0.3) is 0 Å². The summed E-state index contributed by atoms with van der Waals surface area (Å²) in [5.41, 5.74) is 0. The van der Waals surface area contributed by atoms with Gasteiger partial charge in [-0.15, -0.1) is 0 Å². The second-order valence-electron chi connectivity index (χ2n) is 4.96. The summed E-state index contributed by atoms with van der Waals surface area (Å²) < 4.78 is 7.99. The lowest BCUT2D eigenvalue weighted by Gasteiger charge is -2.43. The van der Waals surface area contributed by atoms with Crippen molar-refractivity contribution in [2.75, 3.05) is 0 Å². The summed E-state index contributed by atoms with van der Waals surface area (Å²) >= 11 is 53.4. The predicted molar refractivity (Wildman–Crippen MR) is 114 cm³/mol. The summed E-state index contributed by atoms with van der Waals surface area (Å²) in [7, 11) is -2.63. The molecule has 0 rings (SSSR count). The molecule has 0 saturated heterocycles. The van der Waals surface area contributed by atoms with Crippen molar-refractivity contribution in [2.45, 2.75) is 49.7 Å². The Bertz CT molecular complexity index is 505. The highest BCUT2D eigenvalue weighted by Crippen LogP contribution is 2.67. The van der Waals surface area contributed by atoms with Crippen molar-refractivity contribution < 1.29 is 28.6 Å². The number of carbonyl (C=O) groups is 3. The topological polar surface area (TPSA) is 78.9 Å². The minimum atomic E-state index is -2.63. The minimum absolute atomic E-state index is 0.930. The van der Waals surface area contributed by atoms with Crippen molar-refractivity contribution in [3.8, 4) is 0 Å². The molecule has 0 aliphatic heterocycles. The largest absolute Gasteiger partial charge is 0.453 e. The van der Waals surface area contributed by atoms with Gasteiger partial charge < -0.3 is 14.2 Å². The quantitative estimate of drug-likeness (QED) is 0.155. The van der Waals surface area contributed by atoms with Crippen molar-refractivity contribution in [3.05, 3.63) is 0 Å². The maximum Gasteiger partial charge on any atom is 0.303 e. The zero-order chi connectivity index (χ0) is 22.7. The number of halogens is 9. The Morgan fingerprint density at radius 3 is 0.857 bits per heavy atom. The molecule has 0 aromatic carbocycles. The zero-order valence-corrected chi connectivity index (χ0v) is 21.7. The molecule has 16 heteroatoms. The summed E-state index contributed by atoms with van der Waals surface area (Å²) in [5, 5.41) is 0. The number of ether oxygens (including phenoxy) is 3. The highest BCUT2D eigenvalue weighted by atomic mass is 35.6. The van der Waals surface area contributed by atoms with Crippen LogP contribution in [0, 0.1) is 0 Å². The second-order valence-corrected chi connectivity index (χ2v) is 14.4. The first-order chi connectivity index (χ1) is 12.3. The summed E-state index contributed by atoms with van der Waals surface area (Å²) in [6.45, 7) is 2.97. The monoisotopic (exact) mass is 598 g/mol. The van der Waals surface area contributed by atoms with E-state index in [-0.39, 0.29) is 0 Å². The van der Waals surface area contributed by atoms with E-state index in [9.17, 15) is 14.4 Å². The molecule has 0 fully saturated rings. The van der Waals surface area contributed by atoms with Crippen LogP contribution >= 0.6 is 112 Å². The summed E-state index contributed by atoms with van der Waals surface area (Å²) in [6, 6.07) is 0. The molecule has 0 aromatic rings. The third-order valence-electron chi connectivity index (χ3n) is 2.49. The lowest BCUT2D eigenvalue weighted by molar-refractivity contribution is -0.144. The first-order valence-corrected chi connectivity index (χ1v) is 11.7. The Labute approximate surface area is 207 Å². The molecule has 0 aliphatic carbocycles. The van der Waals surface area contributed by atoms with Gasteiger partial charge in [-0.05, 0) is 0 Å². The predicted octanol–water partition coefficient (Wildman–Crippen LogP) is 6.25. The Morgan fingerprint density at radius 2 is 0.750 bits per heavy atom. The van der Waals surface area contributed by atoms with Gasteiger partial charge in [0.25, 0.3) is 0 Å². The third-order valence-corrected chi connectivity index (χ3v) is 8.74. The van der Waals surface area contributed by atoms with E-state index in [1.807, 2.05) is 0 Å². The van der Waals surface area contributed by atoms with Gasteiger partial charge in [0.05, 0.1) is 0 Å². The van der Waals surface area contributed by atoms with Crippen LogP contribution in [0.4, 0.5) is 0 Å². The molecule has 28 heavy (non-hydrogen) atoms.